The molecular weight excluding hydrogens is 320 g/mol. The van der Waals surface area contributed by atoms with E-state index in [1.807, 2.05) is 18.2 Å². The molecule has 4 heteroatoms. The molecule has 3 nitrogen and oxygen atoms in total. The summed E-state index contributed by atoms with van der Waals surface area (Å²) in [4.78, 5) is 22.0. The Labute approximate surface area is 152 Å². The molecule has 0 saturated carbocycles. The minimum atomic E-state index is -0.736. The number of aliphatic carboxylic acids is 1. The number of carboxylic acids is 1. The van der Waals surface area contributed by atoms with Crippen LogP contribution in [0.1, 0.15) is 71.1 Å². The van der Waals surface area contributed by atoms with Gasteiger partial charge in [-0.2, -0.15) is 12.6 Å². The predicted molar refractivity (Wildman–Crippen MR) is 105 cm³/mol. The maximum atomic E-state index is 11.7. The number of thiol groups is 1. The number of hydrogen-bond acceptors (Lipinski definition) is 3. The van der Waals surface area contributed by atoms with Gasteiger partial charge in [0.05, 0.1) is 0 Å². The Morgan fingerprint density at radius 2 is 1.62 bits per heavy atom. The summed E-state index contributed by atoms with van der Waals surface area (Å²) in [6.45, 7) is 2.14. The van der Waals surface area contributed by atoms with Crippen LogP contribution >= 0.6 is 12.6 Å². The van der Waals surface area contributed by atoms with E-state index in [0.717, 1.165) is 38.5 Å². The maximum Gasteiger partial charge on any atom is 0.303 e. The Morgan fingerprint density at radius 3 is 2.29 bits per heavy atom. The van der Waals surface area contributed by atoms with Gasteiger partial charge in [-0.3, -0.25) is 9.59 Å². The fourth-order valence-electron chi connectivity index (χ4n) is 2.15. The lowest BCUT2D eigenvalue weighted by Crippen LogP contribution is -2.05. The van der Waals surface area contributed by atoms with Crippen LogP contribution in [-0.4, -0.2) is 22.1 Å². The highest BCUT2D eigenvalue weighted by atomic mass is 32.1. The molecule has 1 atom stereocenters. The maximum absolute atomic E-state index is 11.7. The molecule has 0 heterocycles. The van der Waals surface area contributed by atoms with Gasteiger partial charge >= 0.3 is 5.97 Å². The van der Waals surface area contributed by atoms with Crippen LogP contribution < -0.4 is 0 Å². The van der Waals surface area contributed by atoms with E-state index in [4.69, 9.17) is 5.11 Å². The van der Waals surface area contributed by atoms with Gasteiger partial charge in [0.15, 0.2) is 0 Å². The van der Waals surface area contributed by atoms with E-state index >= 15 is 0 Å². The predicted octanol–water partition coefficient (Wildman–Crippen LogP) is 5.53. The largest absolute Gasteiger partial charge is 0.481 e. The Balaban J connectivity index is 3.66. The summed E-state index contributed by atoms with van der Waals surface area (Å²) in [5, 5.41) is 8.52. The van der Waals surface area contributed by atoms with Crippen LogP contribution in [0.5, 0.6) is 0 Å². The Kier molecular flexibility index (Phi) is 15.7. The zero-order chi connectivity index (χ0) is 18.0. The first kappa shape index (κ1) is 22.7. The fraction of sp³-hybridized carbons (Fsp3) is 0.600. The number of rotatable bonds is 15. The van der Waals surface area contributed by atoms with E-state index in [0.29, 0.717) is 25.0 Å². The molecule has 136 valence electrons. The van der Waals surface area contributed by atoms with E-state index in [-0.39, 0.29) is 11.7 Å². The molecule has 0 aliphatic carbocycles. The standard InChI is InChI=1S/C20H32O3S/c1-2-3-11-14-18(21)17-19(24)15-12-9-7-5-4-6-8-10-13-16-20(22)23/h5-8,12,15,19,24H,2-4,9-11,13-14,16-17H2,1H3,(H,22,23)/b7-5-,8-6-,15-12-/t19-/m1/s1. The lowest BCUT2D eigenvalue weighted by molar-refractivity contribution is -0.137. The van der Waals surface area contributed by atoms with E-state index in [9.17, 15) is 9.59 Å². The molecule has 0 saturated heterocycles. The first-order chi connectivity index (χ1) is 11.6. The number of carbonyl (C=O) groups excluding carboxylic acids is 1. The minimum Gasteiger partial charge on any atom is -0.481 e. The summed E-state index contributed by atoms with van der Waals surface area (Å²) in [7, 11) is 0. The van der Waals surface area contributed by atoms with Gasteiger partial charge in [0, 0.05) is 24.5 Å². The molecule has 0 bridgehead atoms. The van der Waals surface area contributed by atoms with Crippen molar-refractivity contribution in [3.8, 4) is 0 Å². The van der Waals surface area contributed by atoms with Gasteiger partial charge in [0.2, 0.25) is 0 Å². The molecule has 1 N–H and O–H groups in total. The molecule has 0 fully saturated rings. The Morgan fingerprint density at radius 1 is 0.958 bits per heavy atom. The average molecular weight is 353 g/mol. The van der Waals surface area contributed by atoms with Crippen molar-refractivity contribution in [1.82, 2.24) is 0 Å². The second-order valence-corrected chi connectivity index (χ2v) is 6.56. The first-order valence-electron chi connectivity index (χ1n) is 8.94. The summed E-state index contributed by atoms with van der Waals surface area (Å²) >= 11 is 4.44. The third-order valence-electron chi connectivity index (χ3n) is 3.49. The molecule has 0 rings (SSSR count). The molecular formula is C20H32O3S. The van der Waals surface area contributed by atoms with Crippen molar-refractivity contribution < 1.29 is 14.7 Å². The summed E-state index contributed by atoms with van der Waals surface area (Å²) in [5.74, 6) is -0.433. The smallest absolute Gasteiger partial charge is 0.303 e. The van der Waals surface area contributed by atoms with Crippen molar-refractivity contribution in [2.45, 2.75) is 76.4 Å². The van der Waals surface area contributed by atoms with Gasteiger partial charge in [0.25, 0.3) is 0 Å². The van der Waals surface area contributed by atoms with Crippen LogP contribution in [0.25, 0.3) is 0 Å². The third kappa shape index (κ3) is 17.1. The zero-order valence-corrected chi connectivity index (χ0v) is 15.7. The molecule has 0 spiro atoms. The number of Topliss-reactive ketones (excluding diaryl/α,β-unsaturated/α-hetero) is 1. The first-order valence-corrected chi connectivity index (χ1v) is 9.46. The van der Waals surface area contributed by atoms with Gasteiger partial charge in [-0.25, -0.2) is 0 Å². The van der Waals surface area contributed by atoms with Crippen LogP contribution in [0.15, 0.2) is 36.5 Å². The molecule has 0 unspecified atom stereocenters. The molecule has 0 aliphatic rings. The van der Waals surface area contributed by atoms with Crippen LogP contribution in [0.2, 0.25) is 0 Å². The average Bonchev–Trinajstić information content (AvgIpc) is 2.52. The highest BCUT2D eigenvalue weighted by molar-refractivity contribution is 7.81. The summed E-state index contributed by atoms with van der Waals surface area (Å²) in [6, 6.07) is 0. The Bertz CT molecular complexity index is 425. The molecule has 24 heavy (non-hydrogen) atoms. The van der Waals surface area contributed by atoms with Crippen molar-refractivity contribution in [2.75, 3.05) is 0 Å². The van der Waals surface area contributed by atoms with Gasteiger partial charge in [0.1, 0.15) is 5.78 Å². The molecule has 0 aliphatic heterocycles. The molecule has 0 aromatic rings. The van der Waals surface area contributed by atoms with Crippen LogP contribution in [0, 0.1) is 0 Å². The van der Waals surface area contributed by atoms with Gasteiger partial charge in [-0.1, -0.05) is 56.2 Å². The minimum absolute atomic E-state index is 0.0154. The van der Waals surface area contributed by atoms with Crippen LogP contribution in [0.3, 0.4) is 0 Å². The van der Waals surface area contributed by atoms with Crippen molar-refractivity contribution >= 4 is 24.4 Å². The van der Waals surface area contributed by atoms with E-state index in [2.05, 4.69) is 37.8 Å². The molecule has 0 aromatic carbocycles. The van der Waals surface area contributed by atoms with Crippen LogP contribution in [0.4, 0.5) is 0 Å². The second-order valence-electron chi connectivity index (χ2n) is 5.90. The lowest BCUT2D eigenvalue weighted by atomic mass is 10.1. The van der Waals surface area contributed by atoms with Crippen molar-refractivity contribution in [2.24, 2.45) is 0 Å². The van der Waals surface area contributed by atoms with Crippen molar-refractivity contribution in [1.29, 1.82) is 0 Å². The molecule has 0 amide bonds. The summed E-state index contributed by atoms with van der Waals surface area (Å²) in [5.41, 5.74) is 0. The van der Waals surface area contributed by atoms with E-state index in [1.54, 1.807) is 0 Å². The van der Waals surface area contributed by atoms with E-state index < -0.39 is 5.97 Å². The topological polar surface area (TPSA) is 54.4 Å². The second kappa shape index (κ2) is 16.6. The monoisotopic (exact) mass is 352 g/mol. The van der Waals surface area contributed by atoms with E-state index in [1.165, 1.54) is 0 Å². The number of ketones is 1. The normalized spacial score (nSPS) is 13.2. The van der Waals surface area contributed by atoms with Gasteiger partial charge < -0.3 is 5.11 Å². The van der Waals surface area contributed by atoms with Gasteiger partial charge in [-0.05, 0) is 32.1 Å². The molecule has 0 radical (unpaired) electrons. The third-order valence-corrected chi connectivity index (χ3v) is 3.85. The summed E-state index contributed by atoms with van der Waals surface area (Å²) < 4.78 is 0. The lowest BCUT2D eigenvalue weighted by Gasteiger charge is -2.04. The number of carboxylic acid groups (broad SMARTS) is 1. The zero-order valence-electron chi connectivity index (χ0n) is 14.8. The highest BCUT2D eigenvalue weighted by Gasteiger charge is 2.06. The fourth-order valence-corrected chi connectivity index (χ4v) is 2.47. The summed E-state index contributed by atoms with van der Waals surface area (Å²) in [6.07, 6.45) is 20.2. The van der Waals surface area contributed by atoms with Crippen molar-refractivity contribution in [3.63, 3.8) is 0 Å². The highest BCUT2D eigenvalue weighted by Crippen LogP contribution is 2.09. The number of carbonyl (C=O) groups is 2. The van der Waals surface area contributed by atoms with Gasteiger partial charge in [-0.15, -0.1) is 0 Å². The number of allylic oxidation sites excluding steroid dienone is 5. The number of hydrogen-bond donors (Lipinski definition) is 2. The van der Waals surface area contributed by atoms with Crippen LogP contribution in [-0.2, 0) is 9.59 Å². The molecule has 0 aromatic heterocycles. The quantitative estimate of drug-likeness (QED) is 0.231. The SMILES string of the molecule is CCCCCC(=O)C[C@H](S)/C=C\C/C=C\C/C=C\CCCC(=O)O. The van der Waals surface area contributed by atoms with Crippen molar-refractivity contribution in [3.05, 3.63) is 36.5 Å². The Hall–Kier alpha value is -1.29. The number of unbranched alkanes of at least 4 members (excludes halogenated alkanes) is 3.